The Morgan fingerprint density at radius 1 is 1.00 bits per heavy atom. The topological polar surface area (TPSA) is 100.0 Å². The maximum Gasteiger partial charge on any atom is 0.332 e. The van der Waals surface area contributed by atoms with E-state index in [1.54, 1.807) is 41.3 Å². The van der Waals surface area contributed by atoms with Crippen molar-refractivity contribution >= 4 is 46.5 Å². The van der Waals surface area contributed by atoms with E-state index in [9.17, 15) is 19.6 Å². The number of nitriles is 1. The first-order valence-electron chi connectivity index (χ1n) is 15.6. The van der Waals surface area contributed by atoms with Gasteiger partial charge in [-0.2, -0.15) is 5.26 Å². The van der Waals surface area contributed by atoms with Gasteiger partial charge in [-0.05, 0) is 74.1 Å². The van der Waals surface area contributed by atoms with Crippen LogP contribution in [0.3, 0.4) is 0 Å². The summed E-state index contributed by atoms with van der Waals surface area (Å²) in [4.78, 5) is 47.5. The number of carbonyl (C=O) groups is 3. The van der Waals surface area contributed by atoms with Gasteiger partial charge in [-0.15, -0.1) is 0 Å². The minimum Gasteiger partial charge on any atom is -0.372 e. The van der Waals surface area contributed by atoms with Crippen molar-refractivity contribution in [1.29, 1.82) is 5.26 Å². The Morgan fingerprint density at radius 3 is 2.33 bits per heavy atom. The van der Waals surface area contributed by atoms with Crippen LogP contribution in [0.1, 0.15) is 50.7 Å². The number of hydrogen-bond donors (Lipinski definition) is 1. The van der Waals surface area contributed by atoms with Gasteiger partial charge in [-0.1, -0.05) is 41.9 Å². The zero-order valence-corrected chi connectivity index (χ0v) is 26.4. The lowest BCUT2D eigenvalue weighted by Gasteiger charge is -2.41. The summed E-state index contributed by atoms with van der Waals surface area (Å²) in [5, 5.41) is 12.6. The van der Waals surface area contributed by atoms with E-state index in [4.69, 9.17) is 11.6 Å². The second-order valence-corrected chi connectivity index (χ2v) is 12.4. The number of amides is 4. The van der Waals surface area contributed by atoms with E-state index in [1.165, 1.54) is 35.9 Å². The van der Waals surface area contributed by atoms with Crippen LogP contribution in [0.4, 0.5) is 21.9 Å². The lowest BCUT2D eigenvalue weighted by molar-refractivity contribution is -0.127. The fourth-order valence-electron chi connectivity index (χ4n) is 7.03. The van der Waals surface area contributed by atoms with E-state index in [0.717, 1.165) is 19.6 Å². The number of likely N-dealkylation sites (tertiary alicyclic amines) is 1. The normalized spacial score (nSPS) is 18.1. The molecule has 0 unspecified atom stereocenters. The van der Waals surface area contributed by atoms with Crippen molar-refractivity contribution in [2.24, 2.45) is 0 Å². The van der Waals surface area contributed by atoms with Gasteiger partial charge in [0, 0.05) is 57.4 Å². The molecule has 1 N–H and O–H groups in total. The predicted octanol–water partition coefficient (Wildman–Crippen LogP) is 6.26. The highest BCUT2D eigenvalue weighted by atomic mass is 35.5. The van der Waals surface area contributed by atoms with E-state index in [2.05, 4.69) is 45.5 Å². The average Bonchev–Trinajstić information content (AvgIpc) is 3.64. The predicted molar refractivity (Wildman–Crippen MR) is 176 cm³/mol. The molecule has 4 amide bonds. The van der Waals surface area contributed by atoms with Crippen LogP contribution in [-0.4, -0.2) is 65.9 Å². The number of nitrogens with one attached hydrogen (secondary N) is 1. The molecule has 3 aromatic carbocycles. The number of likely N-dealkylation sites (N-methyl/N-ethyl adjacent to an activating group) is 1. The van der Waals surface area contributed by atoms with Crippen LogP contribution in [0.2, 0.25) is 5.02 Å². The minimum absolute atomic E-state index is 0.230. The maximum atomic E-state index is 14.2. The maximum absolute atomic E-state index is 14.2. The lowest BCUT2D eigenvalue weighted by atomic mass is 9.85. The number of para-hydroxylation sites is 1. The van der Waals surface area contributed by atoms with E-state index in [1.807, 2.05) is 6.92 Å². The van der Waals surface area contributed by atoms with Crippen LogP contribution in [-0.2, 0) is 16.1 Å². The van der Waals surface area contributed by atoms with E-state index in [-0.39, 0.29) is 22.9 Å². The molecule has 0 aromatic heterocycles. The zero-order chi connectivity index (χ0) is 31.7. The van der Waals surface area contributed by atoms with Crippen LogP contribution >= 0.6 is 11.6 Å². The molecule has 0 atom stereocenters. The highest BCUT2D eigenvalue weighted by Crippen LogP contribution is 2.43. The van der Waals surface area contributed by atoms with Gasteiger partial charge in [-0.3, -0.25) is 14.5 Å². The summed E-state index contributed by atoms with van der Waals surface area (Å²) in [6, 6.07) is 20.8. The largest absolute Gasteiger partial charge is 0.372 e. The number of halogens is 1. The number of benzene rings is 3. The Kier molecular flexibility index (Phi) is 8.54. The number of urea groups is 1. The molecule has 3 aliphatic heterocycles. The van der Waals surface area contributed by atoms with Crippen molar-refractivity contribution in [3.05, 3.63) is 76.8 Å². The van der Waals surface area contributed by atoms with Gasteiger partial charge in [-0.25, -0.2) is 9.69 Å². The first kappa shape index (κ1) is 30.6. The zero-order valence-electron chi connectivity index (χ0n) is 25.7. The second-order valence-electron chi connectivity index (χ2n) is 12.0. The van der Waals surface area contributed by atoms with Gasteiger partial charge >= 0.3 is 6.03 Å². The molecule has 3 aliphatic rings. The highest BCUT2D eigenvalue weighted by molar-refractivity contribution is 6.36. The first-order chi connectivity index (χ1) is 21.8. The molecule has 3 fully saturated rings. The molecule has 3 saturated heterocycles. The van der Waals surface area contributed by atoms with E-state index in [0.29, 0.717) is 60.5 Å². The highest BCUT2D eigenvalue weighted by Gasteiger charge is 2.58. The molecule has 0 saturated carbocycles. The molecular weight excluding hydrogens is 588 g/mol. The minimum atomic E-state index is -0.913. The Balaban J connectivity index is 1.20. The van der Waals surface area contributed by atoms with Crippen LogP contribution in [0.5, 0.6) is 0 Å². The molecule has 0 aliphatic carbocycles. The van der Waals surface area contributed by atoms with Crippen molar-refractivity contribution in [3.63, 3.8) is 0 Å². The quantitative estimate of drug-likeness (QED) is 0.312. The Morgan fingerprint density at radius 2 is 1.71 bits per heavy atom. The van der Waals surface area contributed by atoms with Crippen molar-refractivity contribution in [2.45, 2.75) is 51.6 Å². The Bertz CT molecular complexity index is 1670. The average molecular weight is 625 g/mol. The summed E-state index contributed by atoms with van der Waals surface area (Å²) in [5.74, 6) is -0.551. The SMILES string of the molecule is CCN1C(=O)N(c2ccc(-c3cccc(C#N)c3NC(C)=O)cc2Cl)C(=O)C12CCN(Cc1ccc(N3CCCC3)cc1)CC2. The van der Waals surface area contributed by atoms with Crippen LogP contribution in [0.25, 0.3) is 11.1 Å². The molecule has 232 valence electrons. The molecule has 0 radical (unpaired) electrons. The van der Waals surface area contributed by atoms with Gasteiger partial charge in [0.25, 0.3) is 5.91 Å². The monoisotopic (exact) mass is 624 g/mol. The van der Waals surface area contributed by atoms with Crippen molar-refractivity contribution in [2.75, 3.05) is 47.8 Å². The Labute approximate surface area is 269 Å². The molecular formula is C35H37ClN6O3. The number of piperidine rings is 1. The van der Waals surface area contributed by atoms with E-state index < -0.39 is 5.54 Å². The van der Waals surface area contributed by atoms with Crippen LogP contribution < -0.4 is 15.1 Å². The molecule has 3 aromatic rings. The summed E-state index contributed by atoms with van der Waals surface area (Å²) in [7, 11) is 0. The molecule has 6 rings (SSSR count). The summed E-state index contributed by atoms with van der Waals surface area (Å²) < 4.78 is 0. The number of rotatable bonds is 7. The summed E-state index contributed by atoms with van der Waals surface area (Å²) in [6.45, 7) is 8.14. The van der Waals surface area contributed by atoms with Crippen molar-refractivity contribution in [1.82, 2.24) is 9.80 Å². The van der Waals surface area contributed by atoms with Crippen molar-refractivity contribution in [3.8, 4) is 17.2 Å². The number of hydrogen-bond acceptors (Lipinski definition) is 6. The van der Waals surface area contributed by atoms with Crippen LogP contribution in [0, 0.1) is 11.3 Å². The summed E-state index contributed by atoms with van der Waals surface area (Å²) in [5.41, 5.74) is 3.89. The third kappa shape index (κ3) is 5.65. The number of nitrogens with zero attached hydrogens (tertiary/aromatic N) is 5. The number of imide groups is 1. The van der Waals surface area contributed by atoms with Gasteiger partial charge in [0.2, 0.25) is 5.91 Å². The molecule has 0 bridgehead atoms. The smallest absolute Gasteiger partial charge is 0.332 e. The van der Waals surface area contributed by atoms with Gasteiger partial charge in [0.15, 0.2) is 0 Å². The fourth-order valence-corrected chi connectivity index (χ4v) is 7.29. The van der Waals surface area contributed by atoms with Gasteiger partial charge < -0.3 is 15.1 Å². The van der Waals surface area contributed by atoms with Gasteiger partial charge in [0.1, 0.15) is 11.6 Å². The van der Waals surface area contributed by atoms with Crippen LogP contribution in [0.15, 0.2) is 60.7 Å². The van der Waals surface area contributed by atoms with E-state index >= 15 is 0 Å². The fraction of sp³-hybridized carbons (Fsp3) is 0.371. The first-order valence-corrected chi connectivity index (χ1v) is 16.0. The van der Waals surface area contributed by atoms with Gasteiger partial charge in [0.05, 0.1) is 22.0 Å². The molecule has 1 spiro atoms. The Hall–Kier alpha value is -4.39. The lowest BCUT2D eigenvalue weighted by Crippen LogP contribution is -2.56. The molecule has 3 heterocycles. The number of anilines is 3. The summed E-state index contributed by atoms with van der Waals surface area (Å²) >= 11 is 6.78. The molecule has 9 nitrogen and oxygen atoms in total. The third-order valence-corrected chi connectivity index (χ3v) is 9.64. The third-order valence-electron chi connectivity index (χ3n) is 9.34. The standard InChI is InChI=1S/C35H37ClN6O3/c1-3-41-34(45)42(31-14-11-26(21-30(31)36)29-8-6-7-27(22-37)32(29)38-24(2)43)33(44)35(41)15-19-39(20-16-35)23-25-9-12-28(13-10-25)40-17-4-5-18-40/h6-14,21H,3-5,15-20,23H2,1-2H3,(H,38,43). The molecule has 45 heavy (non-hydrogen) atoms. The van der Waals surface area contributed by atoms with Crippen molar-refractivity contribution < 1.29 is 14.4 Å². The summed E-state index contributed by atoms with van der Waals surface area (Å²) in [6.07, 6.45) is 3.59. The molecule has 10 heteroatoms. The number of carbonyl (C=O) groups excluding carboxylic acids is 3. The second kappa shape index (κ2) is 12.5.